The summed E-state index contributed by atoms with van der Waals surface area (Å²) in [4.78, 5) is 14.2. The molecule has 0 spiro atoms. The molecule has 1 heterocycles. The third kappa shape index (κ3) is 1.09. The summed E-state index contributed by atoms with van der Waals surface area (Å²) in [7, 11) is 0. The van der Waals surface area contributed by atoms with Gasteiger partial charge in [0.25, 0.3) is 0 Å². The fourth-order valence-corrected chi connectivity index (χ4v) is 2.48. The van der Waals surface area contributed by atoms with Crippen molar-refractivity contribution in [3.63, 3.8) is 0 Å². The standard InChI is InChI=1S/C12H11NO2/c14-12(15)8-5-4-7-2-1-3-10-11(7)9(8)6-13-10/h1-3,6,8,13H,4-5H2,(H,14,15)/t8-/m0/s1. The first-order chi connectivity index (χ1) is 7.27. The van der Waals surface area contributed by atoms with Crippen molar-refractivity contribution in [3.05, 3.63) is 35.5 Å². The van der Waals surface area contributed by atoms with E-state index in [2.05, 4.69) is 11.1 Å². The lowest BCUT2D eigenvalue weighted by atomic mass is 9.84. The first-order valence-electron chi connectivity index (χ1n) is 5.09. The first-order valence-corrected chi connectivity index (χ1v) is 5.09. The molecule has 2 aromatic rings. The molecule has 3 nitrogen and oxygen atoms in total. The Kier molecular flexibility index (Phi) is 1.63. The minimum Gasteiger partial charge on any atom is -0.481 e. The average molecular weight is 201 g/mol. The highest BCUT2D eigenvalue weighted by Gasteiger charge is 2.27. The van der Waals surface area contributed by atoms with Crippen LogP contribution >= 0.6 is 0 Å². The second-order valence-corrected chi connectivity index (χ2v) is 4.01. The van der Waals surface area contributed by atoms with Gasteiger partial charge in [0.15, 0.2) is 0 Å². The maximum absolute atomic E-state index is 11.1. The molecule has 0 unspecified atom stereocenters. The normalized spacial score (nSPS) is 19.3. The van der Waals surface area contributed by atoms with Gasteiger partial charge in [-0.3, -0.25) is 4.79 Å². The largest absolute Gasteiger partial charge is 0.481 e. The van der Waals surface area contributed by atoms with Gasteiger partial charge in [0.1, 0.15) is 0 Å². The lowest BCUT2D eigenvalue weighted by Crippen LogP contribution is -2.15. The molecule has 0 radical (unpaired) electrons. The van der Waals surface area contributed by atoms with Crippen molar-refractivity contribution in [3.8, 4) is 0 Å². The van der Waals surface area contributed by atoms with Crippen LogP contribution in [-0.2, 0) is 11.2 Å². The van der Waals surface area contributed by atoms with Crippen LogP contribution in [0.2, 0.25) is 0 Å². The summed E-state index contributed by atoms with van der Waals surface area (Å²) >= 11 is 0. The Labute approximate surface area is 86.7 Å². The number of nitrogens with one attached hydrogen (secondary N) is 1. The summed E-state index contributed by atoms with van der Waals surface area (Å²) in [5.41, 5.74) is 3.26. The first kappa shape index (κ1) is 8.53. The lowest BCUT2D eigenvalue weighted by molar-refractivity contribution is -0.139. The van der Waals surface area contributed by atoms with E-state index in [1.165, 1.54) is 5.56 Å². The molecule has 1 aromatic heterocycles. The van der Waals surface area contributed by atoms with Gasteiger partial charge in [-0.15, -0.1) is 0 Å². The van der Waals surface area contributed by atoms with Crippen LogP contribution in [0.25, 0.3) is 10.9 Å². The molecule has 3 rings (SSSR count). The van der Waals surface area contributed by atoms with Gasteiger partial charge in [-0.1, -0.05) is 12.1 Å². The molecule has 3 heteroatoms. The number of aryl methyl sites for hydroxylation is 1. The second kappa shape index (κ2) is 2.86. The monoisotopic (exact) mass is 201 g/mol. The average Bonchev–Trinajstić information content (AvgIpc) is 2.65. The van der Waals surface area contributed by atoms with E-state index in [-0.39, 0.29) is 5.92 Å². The number of hydrogen-bond acceptors (Lipinski definition) is 1. The summed E-state index contributed by atoms with van der Waals surface area (Å²) in [6.07, 6.45) is 3.41. The molecule has 1 aromatic carbocycles. The summed E-state index contributed by atoms with van der Waals surface area (Å²) in [6, 6.07) is 6.09. The van der Waals surface area contributed by atoms with E-state index < -0.39 is 5.97 Å². The third-order valence-electron chi connectivity index (χ3n) is 3.20. The zero-order chi connectivity index (χ0) is 10.4. The molecule has 15 heavy (non-hydrogen) atoms. The van der Waals surface area contributed by atoms with Crippen molar-refractivity contribution in [2.24, 2.45) is 0 Å². The molecule has 1 aliphatic carbocycles. The summed E-state index contributed by atoms with van der Waals surface area (Å²) in [5.74, 6) is -1.06. The van der Waals surface area contributed by atoms with E-state index in [0.29, 0.717) is 6.42 Å². The number of aromatic amines is 1. The van der Waals surface area contributed by atoms with Gasteiger partial charge in [-0.25, -0.2) is 0 Å². The Morgan fingerprint density at radius 3 is 3.13 bits per heavy atom. The Hall–Kier alpha value is -1.77. The Bertz CT molecular complexity index is 542. The van der Waals surface area contributed by atoms with E-state index >= 15 is 0 Å². The number of carboxylic acids is 1. The summed E-state index contributed by atoms with van der Waals surface area (Å²) in [5, 5.41) is 10.2. The molecular weight excluding hydrogens is 190 g/mol. The fourth-order valence-electron chi connectivity index (χ4n) is 2.48. The number of aliphatic carboxylic acids is 1. The van der Waals surface area contributed by atoms with Crippen molar-refractivity contribution < 1.29 is 9.90 Å². The SMILES string of the molecule is O=C(O)[C@H]1CCc2cccc3[nH]cc1c23. The number of rotatable bonds is 1. The molecule has 0 amide bonds. The maximum atomic E-state index is 11.1. The molecule has 1 aliphatic rings. The molecule has 0 saturated heterocycles. The Morgan fingerprint density at radius 2 is 2.33 bits per heavy atom. The number of carbonyl (C=O) groups is 1. The van der Waals surface area contributed by atoms with Crippen molar-refractivity contribution >= 4 is 16.9 Å². The second-order valence-electron chi connectivity index (χ2n) is 4.01. The van der Waals surface area contributed by atoms with E-state index in [4.69, 9.17) is 5.11 Å². The highest BCUT2D eigenvalue weighted by molar-refractivity contribution is 5.92. The quantitative estimate of drug-likeness (QED) is 0.743. The molecule has 1 atom stereocenters. The van der Waals surface area contributed by atoms with Gasteiger partial charge >= 0.3 is 5.97 Å². The van der Waals surface area contributed by atoms with Gasteiger partial charge in [0.2, 0.25) is 0 Å². The number of aromatic nitrogens is 1. The van der Waals surface area contributed by atoms with E-state index in [9.17, 15) is 4.79 Å². The smallest absolute Gasteiger partial charge is 0.311 e. The van der Waals surface area contributed by atoms with Crippen LogP contribution in [0.1, 0.15) is 23.5 Å². The van der Waals surface area contributed by atoms with Crippen molar-refractivity contribution in [2.45, 2.75) is 18.8 Å². The van der Waals surface area contributed by atoms with Crippen molar-refractivity contribution in [2.75, 3.05) is 0 Å². The minimum atomic E-state index is -0.717. The van der Waals surface area contributed by atoms with Crippen molar-refractivity contribution in [1.29, 1.82) is 0 Å². The predicted molar refractivity (Wildman–Crippen MR) is 57.0 cm³/mol. The zero-order valence-corrected chi connectivity index (χ0v) is 8.16. The molecule has 0 saturated carbocycles. The Morgan fingerprint density at radius 1 is 1.47 bits per heavy atom. The van der Waals surface area contributed by atoms with E-state index in [1.807, 2.05) is 18.3 Å². The van der Waals surface area contributed by atoms with Crippen LogP contribution < -0.4 is 0 Å². The molecule has 0 bridgehead atoms. The number of H-pyrrole nitrogens is 1. The van der Waals surface area contributed by atoms with Crippen LogP contribution in [0.4, 0.5) is 0 Å². The van der Waals surface area contributed by atoms with E-state index in [1.54, 1.807) is 0 Å². The zero-order valence-electron chi connectivity index (χ0n) is 8.16. The van der Waals surface area contributed by atoms with Crippen LogP contribution in [0.15, 0.2) is 24.4 Å². The van der Waals surface area contributed by atoms with Crippen LogP contribution in [-0.4, -0.2) is 16.1 Å². The van der Waals surface area contributed by atoms with Gasteiger partial charge in [-0.2, -0.15) is 0 Å². The van der Waals surface area contributed by atoms with Crippen LogP contribution in [0, 0.1) is 0 Å². The number of benzene rings is 1. The highest BCUT2D eigenvalue weighted by Crippen LogP contribution is 2.36. The summed E-state index contributed by atoms with van der Waals surface area (Å²) in [6.45, 7) is 0. The highest BCUT2D eigenvalue weighted by atomic mass is 16.4. The molecule has 2 N–H and O–H groups in total. The number of carboxylic acid groups (broad SMARTS) is 1. The molecule has 0 fully saturated rings. The number of hydrogen-bond donors (Lipinski definition) is 2. The van der Waals surface area contributed by atoms with Gasteiger partial charge in [0.05, 0.1) is 5.92 Å². The third-order valence-corrected chi connectivity index (χ3v) is 3.20. The molecular formula is C12H11NO2. The lowest BCUT2D eigenvalue weighted by Gasteiger charge is -2.18. The maximum Gasteiger partial charge on any atom is 0.311 e. The minimum absolute atomic E-state index is 0.339. The van der Waals surface area contributed by atoms with Gasteiger partial charge in [-0.05, 0) is 30.0 Å². The molecule has 0 aliphatic heterocycles. The van der Waals surface area contributed by atoms with Gasteiger partial charge in [0, 0.05) is 17.1 Å². The van der Waals surface area contributed by atoms with Crippen molar-refractivity contribution in [1.82, 2.24) is 4.98 Å². The summed E-state index contributed by atoms with van der Waals surface area (Å²) < 4.78 is 0. The predicted octanol–water partition coefficient (Wildman–Crippen LogP) is 2.28. The van der Waals surface area contributed by atoms with Crippen LogP contribution in [0.3, 0.4) is 0 Å². The van der Waals surface area contributed by atoms with E-state index in [0.717, 1.165) is 22.9 Å². The fraction of sp³-hybridized carbons (Fsp3) is 0.250. The Balaban J connectivity index is 2.31. The van der Waals surface area contributed by atoms with Crippen LogP contribution in [0.5, 0.6) is 0 Å². The van der Waals surface area contributed by atoms with Gasteiger partial charge < -0.3 is 10.1 Å². The molecule has 76 valence electrons. The topological polar surface area (TPSA) is 53.1 Å².